The zero-order chi connectivity index (χ0) is 12.6. The number of rotatable bonds is 2. The molecule has 90 valence electrons. The van der Waals surface area contributed by atoms with Gasteiger partial charge in [-0.15, -0.1) is 0 Å². The lowest BCUT2D eigenvalue weighted by Crippen LogP contribution is -1.98. The van der Waals surface area contributed by atoms with Gasteiger partial charge in [-0.3, -0.25) is 4.68 Å². The molecule has 0 bridgehead atoms. The summed E-state index contributed by atoms with van der Waals surface area (Å²) in [6.07, 6.45) is 0. The van der Waals surface area contributed by atoms with Gasteiger partial charge in [0.25, 0.3) is 0 Å². The van der Waals surface area contributed by atoms with Crippen LogP contribution in [0.3, 0.4) is 0 Å². The van der Waals surface area contributed by atoms with E-state index in [1.165, 1.54) is 0 Å². The van der Waals surface area contributed by atoms with Gasteiger partial charge in [0.2, 0.25) is 5.88 Å². The van der Waals surface area contributed by atoms with Gasteiger partial charge in [-0.1, -0.05) is 0 Å². The monoisotopic (exact) mass is 232 g/mol. The molecule has 2 N–H and O–H groups in total. The van der Waals surface area contributed by atoms with Gasteiger partial charge < -0.3 is 10.5 Å². The highest BCUT2D eigenvalue weighted by Gasteiger charge is 2.13. The minimum atomic E-state index is 0.434. The Labute approximate surface area is 100 Å². The minimum Gasteiger partial charge on any atom is -0.433 e. The van der Waals surface area contributed by atoms with Crippen molar-refractivity contribution in [2.24, 2.45) is 7.05 Å². The molecule has 2 rings (SSSR count). The fourth-order valence-corrected chi connectivity index (χ4v) is 1.62. The molecule has 0 aliphatic carbocycles. The summed E-state index contributed by atoms with van der Waals surface area (Å²) in [4.78, 5) is 4.28. The van der Waals surface area contributed by atoms with Gasteiger partial charge in [-0.2, -0.15) is 5.10 Å². The summed E-state index contributed by atoms with van der Waals surface area (Å²) in [6, 6.07) is 3.64. The van der Waals surface area contributed by atoms with Crippen molar-refractivity contribution in [1.29, 1.82) is 0 Å². The van der Waals surface area contributed by atoms with Crippen molar-refractivity contribution in [2.45, 2.75) is 20.8 Å². The van der Waals surface area contributed by atoms with Gasteiger partial charge in [-0.25, -0.2) is 4.98 Å². The molecule has 0 radical (unpaired) electrons. The van der Waals surface area contributed by atoms with Crippen molar-refractivity contribution in [3.8, 4) is 11.6 Å². The van der Waals surface area contributed by atoms with Crippen LogP contribution in [0.25, 0.3) is 0 Å². The van der Waals surface area contributed by atoms with E-state index >= 15 is 0 Å². The largest absolute Gasteiger partial charge is 0.433 e. The van der Waals surface area contributed by atoms with Gasteiger partial charge in [0, 0.05) is 12.7 Å². The first-order valence-corrected chi connectivity index (χ1v) is 5.40. The number of nitrogens with zero attached hydrogens (tertiary/aromatic N) is 3. The maximum atomic E-state index is 5.83. The molecule has 0 atom stereocenters. The summed E-state index contributed by atoms with van der Waals surface area (Å²) in [5, 5.41) is 4.28. The Morgan fingerprint density at radius 3 is 2.53 bits per heavy atom. The van der Waals surface area contributed by atoms with Crippen molar-refractivity contribution in [3.05, 3.63) is 29.2 Å². The molecule has 2 aromatic rings. The van der Waals surface area contributed by atoms with Crippen LogP contribution in [0.4, 0.5) is 5.69 Å². The lowest BCUT2D eigenvalue weighted by Gasteiger charge is -2.08. The van der Waals surface area contributed by atoms with Gasteiger partial charge >= 0.3 is 0 Å². The second-order valence-corrected chi connectivity index (χ2v) is 4.07. The first kappa shape index (κ1) is 11.4. The van der Waals surface area contributed by atoms with Crippen molar-refractivity contribution in [1.82, 2.24) is 14.8 Å². The molecule has 17 heavy (non-hydrogen) atoms. The molecule has 0 amide bonds. The van der Waals surface area contributed by atoms with Gasteiger partial charge in [0.1, 0.15) is 5.69 Å². The van der Waals surface area contributed by atoms with E-state index in [-0.39, 0.29) is 0 Å². The molecular weight excluding hydrogens is 216 g/mol. The van der Waals surface area contributed by atoms with E-state index in [0.29, 0.717) is 11.6 Å². The molecule has 0 saturated carbocycles. The van der Waals surface area contributed by atoms with E-state index in [2.05, 4.69) is 10.1 Å². The number of nitrogens with two attached hydrogens (primary N) is 1. The predicted molar refractivity (Wildman–Crippen MR) is 66.1 cm³/mol. The SMILES string of the molecule is Cc1ccc(N)c(Oc2c(C)nn(C)c2C)n1. The van der Waals surface area contributed by atoms with Crippen LogP contribution in [0.15, 0.2) is 12.1 Å². The van der Waals surface area contributed by atoms with Crippen molar-refractivity contribution >= 4 is 5.69 Å². The number of ether oxygens (including phenoxy) is 1. The number of nitrogen functional groups attached to an aromatic ring is 1. The molecule has 0 aliphatic heterocycles. The van der Waals surface area contributed by atoms with Crippen LogP contribution < -0.4 is 10.5 Å². The highest BCUT2D eigenvalue weighted by atomic mass is 16.5. The third-order valence-corrected chi connectivity index (χ3v) is 2.67. The second kappa shape index (κ2) is 4.08. The smallest absolute Gasteiger partial charge is 0.243 e. The molecule has 0 saturated heterocycles. The van der Waals surface area contributed by atoms with E-state index < -0.39 is 0 Å². The Balaban J connectivity index is 2.41. The third kappa shape index (κ3) is 2.08. The van der Waals surface area contributed by atoms with E-state index in [9.17, 15) is 0 Å². The van der Waals surface area contributed by atoms with Crippen LogP contribution in [-0.2, 0) is 7.05 Å². The molecule has 0 unspecified atom stereocenters. The molecular formula is C12H16N4O. The molecule has 0 fully saturated rings. The van der Waals surface area contributed by atoms with E-state index in [1.54, 1.807) is 10.7 Å². The number of hydrogen-bond acceptors (Lipinski definition) is 4. The Morgan fingerprint density at radius 1 is 1.24 bits per heavy atom. The number of anilines is 1. The Hall–Kier alpha value is -2.04. The highest BCUT2D eigenvalue weighted by molar-refractivity contribution is 5.50. The van der Waals surface area contributed by atoms with E-state index in [0.717, 1.165) is 22.8 Å². The normalized spacial score (nSPS) is 10.6. The third-order valence-electron chi connectivity index (χ3n) is 2.67. The summed E-state index contributed by atoms with van der Waals surface area (Å²) >= 11 is 0. The quantitative estimate of drug-likeness (QED) is 0.861. The van der Waals surface area contributed by atoms with Crippen LogP contribution in [0.5, 0.6) is 11.6 Å². The van der Waals surface area contributed by atoms with Gasteiger partial charge in [0.15, 0.2) is 5.75 Å². The lowest BCUT2D eigenvalue weighted by atomic mass is 10.3. The number of hydrogen-bond donors (Lipinski definition) is 1. The van der Waals surface area contributed by atoms with Crippen LogP contribution in [-0.4, -0.2) is 14.8 Å². The predicted octanol–water partition coefficient (Wildman–Crippen LogP) is 2.11. The molecule has 0 aliphatic rings. The van der Waals surface area contributed by atoms with Gasteiger partial charge in [-0.05, 0) is 32.9 Å². The summed E-state index contributed by atoms with van der Waals surface area (Å²) < 4.78 is 7.53. The molecule has 0 aromatic carbocycles. The fourth-order valence-electron chi connectivity index (χ4n) is 1.62. The highest BCUT2D eigenvalue weighted by Crippen LogP contribution is 2.30. The summed E-state index contributed by atoms with van der Waals surface area (Å²) in [5.41, 5.74) is 9.00. The average molecular weight is 232 g/mol. The van der Waals surface area contributed by atoms with E-state index in [4.69, 9.17) is 10.5 Å². The van der Waals surface area contributed by atoms with Crippen LogP contribution in [0, 0.1) is 20.8 Å². The summed E-state index contributed by atoms with van der Waals surface area (Å²) in [6.45, 7) is 5.74. The van der Waals surface area contributed by atoms with Crippen LogP contribution >= 0.6 is 0 Å². The number of pyridine rings is 1. The van der Waals surface area contributed by atoms with Crippen LogP contribution in [0.1, 0.15) is 17.1 Å². The molecule has 5 heteroatoms. The van der Waals surface area contributed by atoms with Gasteiger partial charge in [0.05, 0.1) is 11.4 Å². The lowest BCUT2D eigenvalue weighted by molar-refractivity contribution is 0.456. The van der Waals surface area contributed by atoms with Crippen molar-refractivity contribution < 1.29 is 4.74 Å². The number of aromatic nitrogens is 3. The second-order valence-electron chi connectivity index (χ2n) is 4.07. The molecule has 2 aromatic heterocycles. The Kier molecular flexibility index (Phi) is 2.75. The fraction of sp³-hybridized carbons (Fsp3) is 0.333. The maximum absolute atomic E-state index is 5.83. The zero-order valence-electron chi connectivity index (χ0n) is 10.5. The molecule has 2 heterocycles. The summed E-state index contributed by atoms with van der Waals surface area (Å²) in [7, 11) is 1.88. The first-order chi connectivity index (χ1) is 7.99. The minimum absolute atomic E-state index is 0.434. The molecule has 0 spiro atoms. The maximum Gasteiger partial charge on any atom is 0.243 e. The molecule has 5 nitrogen and oxygen atoms in total. The van der Waals surface area contributed by atoms with Crippen molar-refractivity contribution in [3.63, 3.8) is 0 Å². The zero-order valence-corrected chi connectivity index (χ0v) is 10.5. The Bertz CT molecular complexity index is 560. The Morgan fingerprint density at radius 2 is 1.94 bits per heavy atom. The average Bonchev–Trinajstić information content (AvgIpc) is 2.50. The number of aryl methyl sites for hydroxylation is 3. The first-order valence-electron chi connectivity index (χ1n) is 5.40. The van der Waals surface area contributed by atoms with Crippen molar-refractivity contribution in [2.75, 3.05) is 5.73 Å². The van der Waals surface area contributed by atoms with Crippen LogP contribution in [0.2, 0.25) is 0 Å². The summed E-state index contributed by atoms with van der Waals surface area (Å²) in [5.74, 6) is 1.15. The van der Waals surface area contributed by atoms with E-state index in [1.807, 2.05) is 33.9 Å². The topological polar surface area (TPSA) is 66.0 Å². The standard InChI is InChI=1S/C12H16N4O/c1-7-5-6-10(13)12(14-7)17-11-8(2)15-16(4)9(11)3/h5-6H,13H2,1-4H3.